The Kier molecular flexibility index (Phi) is 3.59. The number of carbonyl (C=O) groups is 1. The van der Waals surface area contributed by atoms with E-state index in [1.54, 1.807) is 0 Å². The van der Waals surface area contributed by atoms with E-state index in [0.29, 0.717) is 23.5 Å². The molecule has 0 amide bonds. The summed E-state index contributed by atoms with van der Waals surface area (Å²) in [6.07, 6.45) is 4.11. The van der Waals surface area contributed by atoms with Gasteiger partial charge in [-0.15, -0.1) is 0 Å². The molecule has 6 heteroatoms. The average Bonchev–Trinajstić information content (AvgIpc) is 2.98. The van der Waals surface area contributed by atoms with E-state index in [1.165, 1.54) is 36.3 Å². The van der Waals surface area contributed by atoms with Gasteiger partial charge >= 0.3 is 5.97 Å². The largest absolute Gasteiger partial charge is 0.465 e. The topological polar surface area (TPSA) is 67.3 Å². The predicted octanol–water partition coefficient (Wildman–Crippen LogP) is 2.36. The number of hydrogen-bond acceptors (Lipinski definition) is 6. The number of ether oxygens (including phenoxy) is 1. The van der Waals surface area contributed by atoms with Gasteiger partial charge in [-0.2, -0.15) is 0 Å². The molecular weight excluding hydrogens is 304 g/mol. The van der Waals surface area contributed by atoms with Crippen LogP contribution in [0.2, 0.25) is 0 Å². The Hall–Kier alpha value is -2.63. The third-order valence-electron chi connectivity index (χ3n) is 4.90. The zero-order chi connectivity index (χ0) is 16.7. The first-order chi connectivity index (χ1) is 11.7. The first-order valence-corrected chi connectivity index (χ1v) is 8.18. The first kappa shape index (κ1) is 14.9. The number of piperidine rings is 1. The van der Waals surface area contributed by atoms with Gasteiger partial charge < -0.3 is 15.0 Å². The highest BCUT2D eigenvalue weighted by atomic mass is 16.5. The van der Waals surface area contributed by atoms with Crippen molar-refractivity contribution in [2.45, 2.75) is 25.3 Å². The van der Waals surface area contributed by atoms with Crippen LogP contribution in [-0.2, 0) is 4.74 Å². The van der Waals surface area contributed by atoms with Crippen LogP contribution in [0.1, 0.15) is 33.8 Å². The van der Waals surface area contributed by atoms with E-state index in [-0.39, 0.29) is 0 Å². The number of nitrogens with one attached hydrogen (secondary N) is 1. The normalized spacial score (nSPS) is 21.7. The van der Waals surface area contributed by atoms with E-state index in [9.17, 15) is 4.79 Å². The number of anilines is 2. The Morgan fingerprint density at radius 2 is 2.12 bits per heavy atom. The minimum absolute atomic E-state index is 0.375. The van der Waals surface area contributed by atoms with Gasteiger partial charge in [-0.05, 0) is 25.0 Å². The number of rotatable bonds is 2. The summed E-state index contributed by atoms with van der Waals surface area (Å²) in [5.41, 5.74) is 4.29. The lowest BCUT2D eigenvalue weighted by atomic mass is 9.89. The maximum absolute atomic E-state index is 11.5. The average molecular weight is 324 g/mol. The third-order valence-corrected chi connectivity index (χ3v) is 4.90. The summed E-state index contributed by atoms with van der Waals surface area (Å²) in [5.74, 6) is 0.699. The van der Waals surface area contributed by atoms with Crippen LogP contribution in [0.3, 0.4) is 0 Å². The Morgan fingerprint density at radius 3 is 2.88 bits per heavy atom. The van der Waals surface area contributed by atoms with E-state index >= 15 is 0 Å². The van der Waals surface area contributed by atoms with Crippen molar-refractivity contribution in [2.75, 3.05) is 30.4 Å². The van der Waals surface area contributed by atoms with Gasteiger partial charge in [0, 0.05) is 43.1 Å². The van der Waals surface area contributed by atoms with Gasteiger partial charge in [-0.25, -0.2) is 14.8 Å². The fraction of sp³-hybridized carbons (Fsp3) is 0.389. The second kappa shape index (κ2) is 5.78. The summed E-state index contributed by atoms with van der Waals surface area (Å²) in [6, 6.07) is 7.08. The van der Waals surface area contributed by atoms with Gasteiger partial charge in [-0.1, -0.05) is 17.7 Å². The zero-order valence-electron chi connectivity index (χ0n) is 13.8. The van der Waals surface area contributed by atoms with Crippen LogP contribution in [0, 0.1) is 6.92 Å². The fourth-order valence-corrected chi connectivity index (χ4v) is 3.65. The molecule has 1 aromatic heterocycles. The number of aromatic nitrogens is 2. The molecule has 0 spiro atoms. The Labute approximate surface area is 140 Å². The molecule has 6 nitrogen and oxygen atoms in total. The smallest absolute Gasteiger partial charge is 0.341 e. The van der Waals surface area contributed by atoms with Gasteiger partial charge in [0.2, 0.25) is 5.95 Å². The Balaban J connectivity index is 1.56. The van der Waals surface area contributed by atoms with Crippen LogP contribution < -0.4 is 10.2 Å². The van der Waals surface area contributed by atoms with Gasteiger partial charge in [0.1, 0.15) is 0 Å². The summed E-state index contributed by atoms with van der Waals surface area (Å²) in [7, 11) is 1.35. The zero-order valence-corrected chi connectivity index (χ0v) is 13.8. The van der Waals surface area contributed by atoms with Crippen molar-refractivity contribution >= 4 is 17.6 Å². The van der Waals surface area contributed by atoms with Crippen molar-refractivity contribution in [3.8, 4) is 0 Å². The highest BCUT2D eigenvalue weighted by Gasteiger charge is 2.37. The van der Waals surface area contributed by atoms with Crippen molar-refractivity contribution in [1.82, 2.24) is 9.97 Å². The van der Waals surface area contributed by atoms with Crippen LogP contribution in [0.25, 0.3) is 0 Å². The molecule has 0 radical (unpaired) electrons. The molecule has 2 aromatic rings. The van der Waals surface area contributed by atoms with Gasteiger partial charge in [0.25, 0.3) is 0 Å². The Bertz CT molecular complexity index is 775. The maximum atomic E-state index is 11.5. The standard InChI is InChI=1S/C18H20N4O2/c1-11-3-4-15-13(7-11)14-10-22(6-5-16(14)21-15)18-19-8-12(9-20-18)17(23)24-2/h3-4,7-9,14,16,21H,5-6,10H2,1-2H3. The molecule has 2 unspecified atom stereocenters. The molecule has 0 saturated carbocycles. The molecule has 2 aliphatic heterocycles. The first-order valence-electron chi connectivity index (χ1n) is 8.18. The molecule has 3 heterocycles. The molecular formula is C18H20N4O2. The highest BCUT2D eigenvalue weighted by molar-refractivity contribution is 5.88. The number of nitrogens with zero attached hydrogens (tertiary/aromatic N) is 3. The number of methoxy groups -OCH3 is 1. The molecule has 2 aliphatic rings. The lowest BCUT2D eigenvalue weighted by molar-refractivity contribution is 0.0600. The molecule has 4 rings (SSSR count). The summed E-state index contributed by atoms with van der Waals surface area (Å²) in [6.45, 7) is 3.91. The second-order valence-electron chi connectivity index (χ2n) is 6.45. The number of esters is 1. The molecule has 1 saturated heterocycles. The number of hydrogen-bond donors (Lipinski definition) is 1. The number of benzene rings is 1. The summed E-state index contributed by atoms with van der Waals surface area (Å²) >= 11 is 0. The molecule has 124 valence electrons. The van der Waals surface area contributed by atoms with E-state index in [0.717, 1.165) is 19.5 Å². The van der Waals surface area contributed by atoms with E-state index in [1.807, 2.05) is 0 Å². The quantitative estimate of drug-likeness (QED) is 0.856. The van der Waals surface area contributed by atoms with Crippen LogP contribution in [-0.4, -0.2) is 42.2 Å². The fourth-order valence-electron chi connectivity index (χ4n) is 3.65. The Morgan fingerprint density at radius 1 is 1.33 bits per heavy atom. The van der Waals surface area contributed by atoms with Crippen molar-refractivity contribution in [2.24, 2.45) is 0 Å². The van der Waals surface area contributed by atoms with Crippen molar-refractivity contribution < 1.29 is 9.53 Å². The highest BCUT2D eigenvalue weighted by Crippen LogP contribution is 2.40. The summed E-state index contributed by atoms with van der Waals surface area (Å²) in [4.78, 5) is 22.4. The van der Waals surface area contributed by atoms with E-state index in [4.69, 9.17) is 0 Å². The number of fused-ring (bicyclic) bond motifs is 3. The number of carbonyl (C=O) groups excluding carboxylic acids is 1. The number of aryl methyl sites for hydroxylation is 1. The third kappa shape index (κ3) is 2.48. The molecule has 1 N–H and O–H groups in total. The molecule has 24 heavy (non-hydrogen) atoms. The SMILES string of the molecule is COC(=O)c1cnc(N2CCC3Nc4ccc(C)cc4C3C2)nc1. The maximum Gasteiger partial charge on any atom is 0.341 e. The molecule has 0 aliphatic carbocycles. The molecule has 0 bridgehead atoms. The van der Waals surface area contributed by atoms with Crippen molar-refractivity contribution in [3.05, 3.63) is 47.3 Å². The molecule has 2 atom stereocenters. The van der Waals surface area contributed by atoms with Crippen LogP contribution in [0.15, 0.2) is 30.6 Å². The lowest BCUT2D eigenvalue weighted by Gasteiger charge is -2.35. The molecule has 1 fully saturated rings. The van der Waals surface area contributed by atoms with E-state index in [2.05, 4.69) is 50.0 Å². The summed E-state index contributed by atoms with van der Waals surface area (Å²) in [5, 5.41) is 3.64. The minimum Gasteiger partial charge on any atom is -0.465 e. The predicted molar refractivity (Wildman–Crippen MR) is 91.5 cm³/mol. The van der Waals surface area contributed by atoms with Crippen LogP contribution >= 0.6 is 0 Å². The van der Waals surface area contributed by atoms with Crippen LogP contribution in [0.5, 0.6) is 0 Å². The second-order valence-corrected chi connectivity index (χ2v) is 6.45. The van der Waals surface area contributed by atoms with Gasteiger partial charge in [0.05, 0.1) is 12.7 Å². The monoisotopic (exact) mass is 324 g/mol. The van der Waals surface area contributed by atoms with Gasteiger partial charge in [-0.3, -0.25) is 0 Å². The molecule has 1 aromatic carbocycles. The van der Waals surface area contributed by atoms with E-state index < -0.39 is 5.97 Å². The van der Waals surface area contributed by atoms with Crippen molar-refractivity contribution in [1.29, 1.82) is 0 Å². The van der Waals surface area contributed by atoms with Gasteiger partial charge in [0.15, 0.2) is 0 Å². The summed E-state index contributed by atoms with van der Waals surface area (Å²) < 4.78 is 4.69. The lowest BCUT2D eigenvalue weighted by Crippen LogP contribution is -2.42. The minimum atomic E-state index is -0.412. The van der Waals surface area contributed by atoms with Crippen LogP contribution in [0.4, 0.5) is 11.6 Å². The van der Waals surface area contributed by atoms with Crippen molar-refractivity contribution in [3.63, 3.8) is 0 Å².